The fourth-order valence-corrected chi connectivity index (χ4v) is 2.94. The molecule has 0 unspecified atom stereocenters. The fraction of sp³-hybridized carbons (Fsp3) is 0.600. The number of ether oxygens (including phenoxy) is 1. The summed E-state index contributed by atoms with van der Waals surface area (Å²) in [5.74, 6) is 1.27. The van der Waals surface area contributed by atoms with Crippen molar-refractivity contribution in [3.05, 3.63) is 33.4 Å². The molecule has 3 rings (SSSR count). The van der Waals surface area contributed by atoms with E-state index in [0.29, 0.717) is 5.75 Å². The first-order valence-corrected chi connectivity index (χ1v) is 7.24. The molecular weight excluding hydrogens is 256 g/mol. The van der Waals surface area contributed by atoms with Gasteiger partial charge in [-0.05, 0) is 48.8 Å². The van der Waals surface area contributed by atoms with E-state index in [4.69, 9.17) is 4.74 Å². The van der Waals surface area contributed by atoms with Crippen molar-refractivity contribution in [1.29, 1.82) is 0 Å². The van der Waals surface area contributed by atoms with E-state index in [-0.39, 0.29) is 10.6 Å². The van der Waals surface area contributed by atoms with Crippen LogP contribution in [0.25, 0.3) is 0 Å². The zero-order valence-corrected chi connectivity index (χ0v) is 11.8. The first kappa shape index (κ1) is 13.4. The maximum Gasteiger partial charge on any atom is 0.311 e. The molecule has 0 spiro atoms. The van der Waals surface area contributed by atoms with Gasteiger partial charge >= 0.3 is 5.69 Å². The van der Waals surface area contributed by atoms with E-state index in [2.05, 4.69) is 4.90 Å². The van der Waals surface area contributed by atoms with Gasteiger partial charge in [-0.25, -0.2) is 0 Å². The van der Waals surface area contributed by atoms with Crippen molar-refractivity contribution in [3.8, 4) is 5.75 Å². The van der Waals surface area contributed by atoms with Crippen LogP contribution in [0.4, 0.5) is 5.69 Å². The molecule has 0 amide bonds. The molecule has 0 bridgehead atoms. The second-order valence-corrected chi connectivity index (χ2v) is 5.79. The van der Waals surface area contributed by atoms with E-state index in [9.17, 15) is 10.1 Å². The largest absolute Gasteiger partial charge is 0.490 e. The highest BCUT2D eigenvalue weighted by Crippen LogP contribution is 2.33. The van der Waals surface area contributed by atoms with Crippen LogP contribution >= 0.6 is 0 Å². The molecular formula is C15H20N2O3. The third-order valence-electron chi connectivity index (χ3n) is 4.31. The smallest absolute Gasteiger partial charge is 0.311 e. The third kappa shape index (κ3) is 2.77. The number of rotatable bonds is 4. The first-order valence-electron chi connectivity index (χ1n) is 7.24. The molecule has 1 aliphatic heterocycles. The molecule has 0 N–H and O–H groups in total. The Labute approximate surface area is 118 Å². The summed E-state index contributed by atoms with van der Waals surface area (Å²) in [7, 11) is 1.49. The normalized spacial score (nSPS) is 19.2. The number of nitro benzene ring substituents is 1. The van der Waals surface area contributed by atoms with Gasteiger partial charge in [0, 0.05) is 25.7 Å². The van der Waals surface area contributed by atoms with Crippen LogP contribution in [-0.2, 0) is 12.8 Å². The molecule has 2 aliphatic rings. The van der Waals surface area contributed by atoms with Gasteiger partial charge in [0.2, 0.25) is 0 Å². The van der Waals surface area contributed by atoms with Crippen molar-refractivity contribution in [1.82, 2.24) is 4.90 Å². The molecule has 0 atom stereocenters. The number of fused-ring (bicyclic) bond motifs is 1. The average Bonchev–Trinajstić information content (AvgIpc) is 3.26. The lowest BCUT2D eigenvalue weighted by molar-refractivity contribution is -0.385. The number of methoxy groups -OCH3 is 1. The van der Waals surface area contributed by atoms with E-state index in [1.54, 1.807) is 6.07 Å². The molecule has 1 aliphatic carbocycles. The number of nitrogens with zero attached hydrogens (tertiary/aromatic N) is 2. The second-order valence-electron chi connectivity index (χ2n) is 5.79. The van der Waals surface area contributed by atoms with Crippen molar-refractivity contribution in [2.75, 3.05) is 26.7 Å². The number of hydrogen-bond donors (Lipinski definition) is 0. The fourth-order valence-electron chi connectivity index (χ4n) is 2.94. The van der Waals surface area contributed by atoms with Gasteiger partial charge in [-0.1, -0.05) is 0 Å². The summed E-state index contributed by atoms with van der Waals surface area (Å²) in [6, 6.07) is 3.56. The number of nitro groups is 1. The molecule has 0 radical (unpaired) electrons. The highest BCUT2D eigenvalue weighted by molar-refractivity contribution is 5.52. The molecule has 5 nitrogen and oxygen atoms in total. The number of hydrogen-bond acceptors (Lipinski definition) is 4. The highest BCUT2D eigenvalue weighted by Gasteiger charge is 2.26. The maximum atomic E-state index is 11.1. The van der Waals surface area contributed by atoms with Gasteiger partial charge < -0.3 is 9.64 Å². The van der Waals surface area contributed by atoms with Crippen LogP contribution < -0.4 is 4.74 Å². The lowest BCUT2D eigenvalue weighted by Crippen LogP contribution is -2.28. The van der Waals surface area contributed by atoms with Crippen LogP contribution in [0, 0.1) is 16.0 Å². The Balaban J connectivity index is 1.81. The molecule has 0 saturated heterocycles. The maximum absolute atomic E-state index is 11.1. The van der Waals surface area contributed by atoms with Crippen LogP contribution in [0.15, 0.2) is 12.1 Å². The standard InChI is InChI=1S/C15H20N2O3/c1-20-15-9-13-5-7-16(10-11-2-3-11)6-4-12(13)8-14(15)17(18)19/h8-9,11H,2-7,10H2,1H3. The molecule has 1 saturated carbocycles. The van der Waals surface area contributed by atoms with Crippen LogP contribution in [0.2, 0.25) is 0 Å². The van der Waals surface area contributed by atoms with Crippen LogP contribution in [0.1, 0.15) is 24.0 Å². The minimum Gasteiger partial charge on any atom is -0.490 e. The molecule has 1 fully saturated rings. The zero-order chi connectivity index (χ0) is 14.1. The summed E-state index contributed by atoms with van der Waals surface area (Å²) in [5, 5.41) is 11.1. The highest BCUT2D eigenvalue weighted by atomic mass is 16.6. The Morgan fingerprint density at radius 1 is 1.30 bits per heavy atom. The quantitative estimate of drug-likeness (QED) is 0.626. The zero-order valence-electron chi connectivity index (χ0n) is 11.8. The minimum atomic E-state index is -0.355. The summed E-state index contributed by atoms with van der Waals surface area (Å²) in [6.07, 6.45) is 4.58. The summed E-state index contributed by atoms with van der Waals surface area (Å²) in [5.41, 5.74) is 2.39. The van der Waals surface area contributed by atoms with Gasteiger partial charge in [-0.15, -0.1) is 0 Å². The lowest BCUT2D eigenvalue weighted by Gasteiger charge is -2.18. The van der Waals surface area contributed by atoms with Crippen molar-refractivity contribution in [3.63, 3.8) is 0 Å². The second kappa shape index (κ2) is 5.40. The Hall–Kier alpha value is -1.62. The van der Waals surface area contributed by atoms with E-state index < -0.39 is 0 Å². The van der Waals surface area contributed by atoms with Crippen LogP contribution in [0.3, 0.4) is 0 Å². The molecule has 20 heavy (non-hydrogen) atoms. The van der Waals surface area contributed by atoms with Crippen molar-refractivity contribution in [2.45, 2.75) is 25.7 Å². The molecule has 108 valence electrons. The monoisotopic (exact) mass is 276 g/mol. The van der Waals surface area contributed by atoms with Gasteiger partial charge in [0.15, 0.2) is 5.75 Å². The van der Waals surface area contributed by atoms with Crippen LogP contribution in [0.5, 0.6) is 5.75 Å². The Morgan fingerprint density at radius 2 is 1.95 bits per heavy atom. The topological polar surface area (TPSA) is 55.6 Å². The molecule has 5 heteroatoms. The van der Waals surface area contributed by atoms with Crippen molar-refractivity contribution in [2.24, 2.45) is 5.92 Å². The van der Waals surface area contributed by atoms with Gasteiger partial charge in [0.05, 0.1) is 12.0 Å². The first-order chi connectivity index (χ1) is 9.67. The van der Waals surface area contributed by atoms with Crippen LogP contribution in [-0.4, -0.2) is 36.6 Å². The van der Waals surface area contributed by atoms with Crippen molar-refractivity contribution >= 4 is 5.69 Å². The number of benzene rings is 1. The summed E-state index contributed by atoms with van der Waals surface area (Å²) < 4.78 is 5.16. The molecule has 1 aromatic carbocycles. The molecule has 1 heterocycles. The van der Waals surface area contributed by atoms with Gasteiger partial charge in [0.25, 0.3) is 0 Å². The van der Waals surface area contributed by atoms with Gasteiger partial charge in [-0.3, -0.25) is 10.1 Å². The SMILES string of the molecule is COc1cc2c(cc1[N+](=O)[O-])CCN(CC1CC1)CC2. The minimum absolute atomic E-state index is 0.0851. The van der Waals surface area contributed by atoms with E-state index in [1.807, 2.05) is 6.07 Å². The van der Waals surface area contributed by atoms with E-state index in [1.165, 1.54) is 32.1 Å². The van der Waals surface area contributed by atoms with Crippen molar-refractivity contribution < 1.29 is 9.66 Å². The summed E-state index contributed by atoms with van der Waals surface area (Å²) in [4.78, 5) is 13.2. The van der Waals surface area contributed by atoms with E-state index in [0.717, 1.165) is 37.4 Å². The third-order valence-corrected chi connectivity index (χ3v) is 4.31. The van der Waals surface area contributed by atoms with Gasteiger partial charge in [-0.2, -0.15) is 0 Å². The lowest BCUT2D eigenvalue weighted by atomic mass is 10.0. The summed E-state index contributed by atoms with van der Waals surface area (Å²) in [6.45, 7) is 3.24. The summed E-state index contributed by atoms with van der Waals surface area (Å²) >= 11 is 0. The predicted molar refractivity (Wildman–Crippen MR) is 76.2 cm³/mol. The Morgan fingerprint density at radius 3 is 2.50 bits per heavy atom. The Bertz CT molecular complexity index is 526. The molecule has 0 aromatic heterocycles. The Kier molecular flexibility index (Phi) is 3.61. The van der Waals surface area contributed by atoms with Gasteiger partial charge in [0.1, 0.15) is 0 Å². The average molecular weight is 276 g/mol. The predicted octanol–water partition coefficient (Wildman–Crippen LogP) is 2.41. The van der Waals surface area contributed by atoms with E-state index >= 15 is 0 Å². The molecule has 1 aromatic rings.